The number of benzene rings is 1. The van der Waals surface area contributed by atoms with Gasteiger partial charge >= 0.3 is 0 Å². The molecule has 0 radical (unpaired) electrons. The van der Waals surface area contributed by atoms with Gasteiger partial charge in [-0.3, -0.25) is 9.59 Å². The van der Waals surface area contributed by atoms with Crippen LogP contribution in [0.3, 0.4) is 0 Å². The summed E-state index contributed by atoms with van der Waals surface area (Å²) in [6.07, 6.45) is 4.83. The van der Waals surface area contributed by atoms with Gasteiger partial charge in [-0.15, -0.1) is 11.3 Å². The van der Waals surface area contributed by atoms with Crippen LogP contribution in [0.2, 0.25) is 0 Å². The molecule has 0 bridgehead atoms. The Morgan fingerprint density at radius 3 is 2.88 bits per heavy atom. The van der Waals surface area contributed by atoms with Gasteiger partial charge in [0, 0.05) is 26.1 Å². The SMILES string of the molecule is O=C1CC(C(=O)N2CCCC2c2nc3ccccc3s2)CN1CC1CC1. The van der Waals surface area contributed by atoms with Gasteiger partial charge in [-0.25, -0.2) is 4.98 Å². The van der Waals surface area contributed by atoms with Crippen LogP contribution in [0.5, 0.6) is 0 Å². The highest BCUT2D eigenvalue weighted by molar-refractivity contribution is 7.18. The van der Waals surface area contributed by atoms with Crippen molar-refractivity contribution in [3.8, 4) is 0 Å². The van der Waals surface area contributed by atoms with Crippen LogP contribution in [0.4, 0.5) is 0 Å². The molecule has 3 fully saturated rings. The second-order valence-corrected chi connectivity index (χ2v) is 8.91. The monoisotopic (exact) mass is 369 g/mol. The summed E-state index contributed by atoms with van der Waals surface area (Å²) >= 11 is 1.69. The van der Waals surface area contributed by atoms with Gasteiger partial charge < -0.3 is 9.80 Å². The summed E-state index contributed by atoms with van der Waals surface area (Å²) in [4.78, 5) is 34.1. The lowest BCUT2D eigenvalue weighted by atomic mass is 10.1. The normalized spacial score (nSPS) is 26.2. The third-order valence-corrected chi connectivity index (χ3v) is 7.01. The predicted octanol–water partition coefficient (Wildman–Crippen LogP) is 3.22. The minimum Gasteiger partial charge on any atom is -0.342 e. The van der Waals surface area contributed by atoms with Gasteiger partial charge in [0.1, 0.15) is 5.01 Å². The molecule has 2 saturated heterocycles. The molecule has 0 N–H and O–H groups in total. The van der Waals surface area contributed by atoms with Crippen molar-refractivity contribution in [2.45, 2.75) is 38.1 Å². The predicted molar refractivity (Wildman–Crippen MR) is 101 cm³/mol. The molecule has 1 saturated carbocycles. The van der Waals surface area contributed by atoms with E-state index in [4.69, 9.17) is 4.98 Å². The second-order valence-electron chi connectivity index (χ2n) is 7.85. The topological polar surface area (TPSA) is 53.5 Å². The van der Waals surface area contributed by atoms with Crippen molar-refractivity contribution in [1.29, 1.82) is 0 Å². The van der Waals surface area contributed by atoms with Gasteiger partial charge in [-0.05, 0) is 43.7 Å². The first-order chi connectivity index (χ1) is 12.7. The van der Waals surface area contributed by atoms with Gasteiger partial charge in [-0.1, -0.05) is 12.1 Å². The fourth-order valence-corrected chi connectivity index (χ4v) is 5.40. The minimum atomic E-state index is -0.170. The molecule has 3 aliphatic rings. The Morgan fingerprint density at radius 1 is 1.23 bits per heavy atom. The van der Waals surface area contributed by atoms with E-state index in [1.165, 1.54) is 17.5 Å². The highest BCUT2D eigenvalue weighted by Gasteiger charge is 2.42. The third-order valence-electron chi connectivity index (χ3n) is 5.87. The van der Waals surface area contributed by atoms with Crippen LogP contribution in [-0.2, 0) is 9.59 Å². The van der Waals surface area contributed by atoms with Crippen LogP contribution in [0.25, 0.3) is 10.2 Å². The lowest BCUT2D eigenvalue weighted by molar-refractivity contribution is -0.136. The van der Waals surface area contributed by atoms with E-state index < -0.39 is 0 Å². The van der Waals surface area contributed by atoms with E-state index in [1.807, 2.05) is 28.0 Å². The molecule has 136 valence electrons. The second kappa shape index (κ2) is 6.34. The van der Waals surface area contributed by atoms with Crippen LogP contribution in [-0.4, -0.2) is 46.2 Å². The van der Waals surface area contributed by atoms with Crippen molar-refractivity contribution in [2.75, 3.05) is 19.6 Å². The highest BCUT2D eigenvalue weighted by Crippen LogP contribution is 2.38. The first kappa shape index (κ1) is 16.2. The molecule has 2 atom stereocenters. The number of fused-ring (bicyclic) bond motifs is 1. The zero-order valence-electron chi connectivity index (χ0n) is 14.8. The van der Waals surface area contributed by atoms with Crippen molar-refractivity contribution in [1.82, 2.24) is 14.8 Å². The number of rotatable bonds is 4. The van der Waals surface area contributed by atoms with Crippen molar-refractivity contribution < 1.29 is 9.59 Å². The standard InChI is InChI=1S/C20H23N3O2S/c24-18-10-14(12-22(18)11-13-7-8-13)20(25)23-9-3-5-16(23)19-21-15-4-1-2-6-17(15)26-19/h1-2,4,6,13-14,16H,3,5,7-12H2. The zero-order chi connectivity index (χ0) is 17.7. The summed E-state index contributed by atoms with van der Waals surface area (Å²) in [5.74, 6) is 0.815. The molecule has 3 heterocycles. The molecule has 1 aromatic carbocycles. The molecule has 2 amide bonds. The summed E-state index contributed by atoms with van der Waals surface area (Å²) in [6, 6.07) is 8.22. The maximum Gasteiger partial charge on any atom is 0.228 e. The largest absolute Gasteiger partial charge is 0.342 e. The quantitative estimate of drug-likeness (QED) is 0.831. The summed E-state index contributed by atoms with van der Waals surface area (Å²) < 4.78 is 1.17. The third kappa shape index (κ3) is 2.90. The Bertz CT molecular complexity index is 827. The summed E-state index contributed by atoms with van der Waals surface area (Å²) in [5, 5.41) is 1.04. The van der Waals surface area contributed by atoms with Crippen molar-refractivity contribution in [3.63, 3.8) is 0 Å². The molecule has 2 aliphatic heterocycles. The molecule has 1 aliphatic carbocycles. The summed E-state index contributed by atoms with van der Waals surface area (Å²) in [5.41, 5.74) is 1.01. The molecule has 2 unspecified atom stereocenters. The Labute approximate surface area is 157 Å². The first-order valence-corrected chi connectivity index (χ1v) is 10.4. The van der Waals surface area contributed by atoms with Crippen molar-refractivity contribution >= 4 is 33.4 Å². The Balaban J connectivity index is 1.33. The zero-order valence-corrected chi connectivity index (χ0v) is 15.6. The molecule has 5 rings (SSSR count). The minimum absolute atomic E-state index is 0.0764. The lowest BCUT2D eigenvalue weighted by Crippen LogP contribution is -2.37. The number of carbonyl (C=O) groups excluding carboxylic acids is 2. The summed E-state index contributed by atoms with van der Waals surface area (Å²) in [7, 11) is 0. The van der Waals surface area contributed by atoms with E-state index in [9.17, 15) is 9.59 Å². The molecule has 6 heteroatoms. The van der Waals surface area contributed by atoms with E-state index in [0.717, 1.165) is 36.5 Å². The fourth-order valence-electron chi connectivity index (χ4n) is 4.28. The Morgan fingerprint density at radius 2 is 2.08 bits per heavy atom. The summed E-state index contributed by atoms with van der Waals surface area (Å²) in [6.45, 7) is 2.24. The number of para-hydroxylation sites is 1. The van der Waals surface area contributed by atoms with E-state index >= 15 is 0 Å². The van der Waals surface area contributed by atoms with Crippen LogP contribution >= 0.6 is 11.3 Å². The number of hydrogen-bond acceptors (Lipinski definition) is 4. The lowest BCUT2D eigenvalue weighted by Gasteiger charge is -2.26. The molecular weight excluding hydrogens is 346 g/mol. The number of amides is 2. The number of carbonyl (C=O) groups is 2. The van der Waals surface area contributed by atoms with Crippen LogP contribution < -0.4 is 0 Å². The van der Waals surface area contributed by atoms with E-state index in [2.05, 4.69) is 6.07 Å². The Kier molecular flexibility index (Phi) is 3.96. The van der Waals surface area contributed by atoms with E-state index in [0.29, 0.717) is 18.9 Å². The van der Waals surface area contributed by atoms with Gasteiger partial charge in [0.25, 0.3) is 0 Å². The van der Waals surface area contributed by atoms with Gasteiger partial charge in [0.05, 0.1) is 22.2 Å². The van der Waals surface area contributed by atoms with Crippen LogP contribution in [0.15, 0.2) is 24.3 Å². The number of hydrogen-bond donors (Lipinski definition) is 0. The molecule has 26 heavy (non-hydrogen) atoms. The van der Waals surface area contributed by atoms with Crippen LogP contribution in [0.1, 0.15) is 43.2 Å². The van der Waals surface area contributed by atoms with Crippen molar-refractivity contribution in [2.24, 2.45) is 11.8 Å². The molecule has 0 spiro atoms. The van der Waals surface area contributed by atoms with Gasteiger partial charge in [-0.2, -0.15) is 0 Å². The molecule has 5 nitrogen and oxygen atoms in total. The van der Waals surface area contributed by atoms with E-state index in [1.54, 1.807) is 11.3 Å². The average Bonchev–Trinajstić information content (AvgIpc) is 3.05. The fraction of sp³-hybridized carbons (Fsp3) is 0.550. The number of likely N-dealkylation sites (tertiary alicyclic amines) is 2. The number of aromatic nitrogens is 1. The van der Waals surface area contributed by atoms with Gasteiger partial charge in [0.2, 0.25) is 11.8 Å². The smallest absolute Gasteiger partial charge is 0.228 e. The van der Waals surface area contributed by atoms with Crippen molar-refractivity contribution in [3.05, 3.63) is 29.3 Å². The van der Waals surface area contributed by atoms with E-state index in [-0.39, 0.29) is 23.8 Å². The average molecular weight is 369 g/mol. The van der Waals surface area contributed by atoms with Gasteiger partial charge in [0.15, 0.2) is 0 Å². The molecule has 1 aromatic heterocycles. The Hall–Kier alpha value is -1.95. The molecule has 2 aromatic rings. The maximum absolute atomic E-state index is 13.2. The van der Waals surface area contributed by atoms with Crippen LogP contribution in [0, 0.1) is 11.8 Å². The number of thiazole rings is 1. The molecular formula is C20H23N3O2S. The first-order valence-electron chi connectivity index (χ1n) is 9.63. The maximum atomic E-state index is 13.2. The highest BCUT2D eigenvalue weighted by atomic mass is 32.1. The number of nitrogens with zero attached hydrogens (tertiary/aromatic N) is 3.